The summed E-state index contributed by atoms with van der Waals surface area (Å²) >= 11 is 0. The molecule has 0 bridgehead atoms. The van der Waals surface area contributed by atoms with Crippen molar-refractivity contribution >= 4 is 0 Å². The van der Waals surface area contributed by atoms with Crippen LogP contribution in [-0.4, -0.2) is 0 Å². The van der Waals surface area contributed by atoms with Gasteiger partial charge in [0.2, 0.25) is 0 Å². The number of rotatable bonds is 2. The van der Waals surface area contributed by atoms with Crippen LogP contribution in [0, 0.1) is 25.2 Å². The smallest absolute Gasteiger partial charge is 0.0710 e. The quantitative estimate of drug-likeness (QED) is 0.673. The van der Waals surface area contributed by atoms with Crippen molar-refractivity contribution in [3.05, 3.63) is 34.9 Å². The summed E-state index contributed by atoms with van der Waals surface area (Å²) in [5, 5.41) is 8.91. The molecule has 1 heteroatoms. The summed E-state index contributed by atoms with van der Waals surface area (Å²) in [4.78, 5) is 0. The molecule has 0 saturated carbocycles. The van der Waals surface area contributed by atoms with Gasteiger partial charge in [0.05, 0.1) is 12.0 Å². The van der Waals surface area contributed by atoms with Gasteiger partial charge in [0, 0.05) is 0 Å². The third kappa shape index (κ3) is 2.32. The van der Waals surface area contributed by atoms with Crippen LogP contribution in [0.3, 0.4) is 0 Å². The molecule has 0 fully saturated rings. The van der Waals surface area contributed by atoms with E-state index in [0.29, 0.717) is 0 Å². The Labute approximate surface area is 80.0 Å². The van der Waals surface area contributed by atoms with Crippen molar-refractivity contribution in [2.45, 2.75) is 33.1 Å². The van der Waals surface area contributed by atoms with Crippen LogP contribution < -0.4 is 0 Å². The van der Waals surface area contributed by atoms with Gasteiger partial charge in [-0.1, -0.05) is 36.2 Å². The molecule has 1 nitrogen and oxygen atoms in total. The number of aryl methyl sites for hydroxylation is 2. The van der Waals surface area contributed by atoms with Gasteiger partial charge in [0.1, 0.15) is 0 Å². The van der Waals surface area contributed by atoms with E-state index in [4.69, 9.17) is 5.26 Å². The van der Waals surface area contributed by atoms with Crippen molar-refractivity contribution in [3.8, 4) is 6.07 Å². The minimum atomic E-state index is 0.0543. The second-order valence-corrected chi connectivity index (χ2v) is 3.51. The van der Waals surface area contributed by atoms with Gasteiger partial charge >= 0.3 is 0 Å². The van der Waals surface area contributed by atoms with E-state index in [1.807, 2.05) is 6.92 Å². The lowest BCUT2D eigenvalue weighted by molar-refractivity contribution is 0.816. The number of nitrogens with zero attached hydrogens (tertiary/aromatic N) is 1. The topological polar surface area (TPSA) is 23.8 Å². The Bertz CT molecular complexity index is 313. The first-order valence-electron chi connectivity index (χ1n) is 4.65. The van der Waals surface area contributed by atoms with E-state index >= 15 is 0 Å². The Kier molecular flexibility index (Phi) is 3.08. The Hall–Kier alpha value is -1.29. The summed E-state index contributed by atoms with van der Waals surface area (Å²) in [5.41, 5.74) is 3.63. The van der Waals surface area contributed by atoms with E-state index in [-0.39, 0.29) is 5.92 Å². The van der Waals surface area contributed by atoms with Crippen LogP contribution in [0.4, 0.5) is 0 Å². The van der Waals surface area contributed by atoms with Crippen LogP contribution >= 0.6 is 0 Å². The molecule has 0 saturated heterocycles. The highest BCUT2D eigenvalue weighted by Gasteiger charge is 2.07. The Morgan fingerprint density at radius 1 is 1.23 bits per heavy atom. The maximum absolute atomic E-state index is 8.91. The fraction of sp³-hybridized carbons (Fsp3) is 0.417. The van der Waals surface area contributed by atoms with E-state index in [0.717, 1.165) is 12.0 Å². The highest BCUT2D eigenvalue weighted by Crippen LogP contribution is 2.20. The summed E-state index contributed by atoms with van der Waals surface area (Å²) in [6, 6.07) is 8.66. The second kappa shape index (κ2) is 4.09. The standard InChI is InChI=1S/C12H15N/c1-4-11(8-13)12-6-9(2)5-10(3)7-12/h5-7,11H,4H2,1-3H3. The van der Waals surface area contributed by atoms with E-state index in [2.05, 4.69) is 38.1 Å². The molecule has 0 aliphatic heterocycles. The molecule has 1 rings (SSSR count). The van der Waals surface area contributed by atoms with E-state index in [1.165, 1.54) is 11.1 Å². The average Bonchev–Trinajstić information content (AvgIpc) is 2.04. The van der Waals surface area contributed by atoms with Crippen molar-refractivity contribution in [2.24, 2.45) is 0 Å². The van der Waals surface area contributed by atoms with Gasteiger partial charge in [-0.3, -0.25) is 0 Å². The first-order valence-corrected chi connectivity index (χ1v) is 4.65. The van der Waals surface area contributed by atoms with Crippen LogP contribution in [0.15, 0.2) is 18.2 Å². The van der Waals surface area contributed by atoms with Crippen LogP contribution in [0.2, 0.25) is 0 Å². The molecule has 1 aromatic carbocycles. The molecule has 0 N–H and O–H groups in total. The molecule has 0 aliphatic rings. The van der Waals surface area contributed by atoms with Gasteiger partial charge in [-0.25, -0.2) is 0 Å². The summed E-state index contributed by atoms with van der Waals surface area (Å²) in [7, 11) is 0. The molecular formula is C12H15N. The molecule has 13 heavy (non-hydrogen) atoms. The van der Waals surface area contributed by atoms with Crippen molar-refractivity contribution in [1.29, 1.82) is 5.26 Å². The zero-order valence-electron chi connectivity index (χ0n) is 8.46. The number of benzene rings is 1. The molecule has 0 radical (unpaired) electrons. The molecular weight excluding hydrogens is 158 g/mol. The van der Waals surface area contributed by atoms with Crippen molar-refractivity contribution in [1.82, 2.24) is 0 Å². The number of nitriles is 1. The SMILES string of the molecule is CCC(C#N)c1cc(C)cc(C)c1. The lowest BCUT2D eigenvalue weighted by atomic mass is 9.95. The summed E-state index contributed by atoms with van der Waals surface area (Å²) in [6.07, 6.45) is 0.888. The van der Waals surface area contributed by atoms with E-state index in [1.54, 1.807) is 0 Å². The molecule has 0 aromatic heterocycles. The summed E-state index contributed by atoms with van der Waals surface area (Å²) in [6.45, 7) is 6.19. The Morgan fingerprint density at radius 2 is 1.77 bits per heavy atom. The molecule has 0 heterocycles. The molecule has 1 atom stereocenters. The van der Waals surface area contributed by atoms with E-state index in [9.17, 15) is 0 Å². The number of hydrogen-bond acceptors (Lipinski definition) is 1. The van der Waals surface area contributed by atoms with Crippen LogP contribution in [0.25, 0.3) is 0 Å². The van der Waals surface area contributed by atoms with Gasteiger partial charge in [-0.15, -0.1) is 0 Å². The van der Waals surface area contributed by atoms with Crippen LogP contribution in [-0.2, 0) is 0 Å². The van der Waals surface area contributed by atoms with Gasteiger partial charge < -0.3 is 0 Å². The minimum Gasteiger partial charge on any atom is -0.198 e. The number of hydrogen-bond donors (Lipinski definition) is 0. The fourth-order valence-electron chi connectivity index (χ4n) is 1.61. The first kappa shape index (κ1) is 9.80. The first-order chi connectivity index (χ1) is 6.17. The predicted octanol–water partition coefficient (Wildman–Crippen LogP) is 3.32. The molecule has 68 valence electrons. The van der Waals surface area contributed by atoms with Crippen molar-refractivity contribution in [2.75, 3.05) is 0 Å². The summed E-state index contributed by atoms with van der Waals surface area (Å²) in [5.74, 6) is 0.0543. The Balaban J connectivity index is 3.08. The molecule has 0 spiro atoms. The molecule has 0 aliphatic carbocycles. The van der Waals surface area contributed by atoms with Crippen molar-refractivity contribution < 1.29 is 0 Å². The monoisotopic (exact) mass is 173 g/mol. The highest BCUT2D eigenvalue weighted by molar-refractivity contribution is 5.33. The van der Waals surface area contributed by atoms with Gasteiger partial charge in [0.15, 0.2) is 0 Å². The van der Waals surface area contributed by atoms with Crippen molar-refractivity contribution in [3.63, 3.8) is 0 Å². The molecule has 1 unspecified atom stereocenters. The zero-order valence-corrected chi connectivity index (χ0v) is 8.46. The highest BCUT2D eigenvalue weighted by atomic mass is 14.3. The maximum atomic E-state index is 8.91. The lowest BCUT2D eigenvalue weighted by Crippen LogP contribution is -1.94. The van der Waals surface area contributed by atoms with Gasteiger partial charge in [-0.05, 0) is 25.8 Å². The van der Waals surface area contributed by atoms with Crippen LogP contribution in [0.1, 0.15) is 36.0 Å². The molecule has 1 aromatic rings. The summed E-state index contributed by atoms with van der Waals surface area (Å²) < 4.78 is 0. The van der Waals surface area contributed by atoms with Gasteiger partial charge in [-0.2, -0.15) is 5.26 Å². The maximum Gasteiger partial charge on any atom is 0.0710 e. The molecule has 0 amide bonds. The third-order valence-electron chi connectivity index (χ3n) is 2.21. The zero-order chi connectivity index (χ0) is 9.84. The minimum absolute atomic E-state index is 0.0543. The third-order valence-corrected chi connectivity index (χ3v) is 2.21. The average molecular weight is 173 g/mol. The second-order valence-electron chi connectivity index (χ2n) is 3.51. The normalized spacial score (nSPS) is 12.2. The van der Waals surface area contributed by atoms with Gasteiger partial charge in [0.25, 0.3) is 0 Å². The van der Waals surface area contributed by atoms with E-state index < -0.39 is 0 Å². The predicted molar refractivity (Wildman–Crippen MR) is 54.6 cm³/mol. The fourth-order valence-corrected chi connectivity index (χ4v) is 1.61. The lowest BCUT2D eigenvalue weighted by Gasteiger charge is -2.08. The largest absolute Gasteiger partial charge is 0.198 e. The Morgan fingerprint density at radius 3 is 2.15 bits per heavy atom. The van der Waals surface area contributed by atoms with Crippen LogP contribution in [0.5, 0.6) is 0 Å².